The lowest BCUT2D eigenvalue weighted by Gasteiger charge is -2.15. The third kappa shape index (κ3) is 3.00. The molecule has 0 radical (unpaired) electrons. The van der Waals surface area contributed by atoms with Crippen molar-refractivity contribution in [3.63, 3.8) is 0 Å². The number of rotatable bonds is 3. The number of nitrogens with two attached hydrogens (primary N) is 1. The molecule has 0 aliphatic heterocycles. The highest BCUT2D eigenvalue weighted by Gasteiger charge is 2.14. The van der Waals surface area contributed by atoms with Crippen molar-refractivity contribution in [2.75, 3.05) is 12.8 Å². The SMILES string of the molecule is CN(Cc1ccc(Cl)cc1)C(=O)c1csc(N)n1. The van der Waals surface area contributed by atoms with Gasteiger partial charge in [-0.25, -0.2) is 4.98 Å². The van der Waals surface area contributed by atoms with Crippen LogP contribution in [0.4, 0.5) is 5.13 Å². The molecule has 94 valence electrons. The lowest BCUT2D eigenvalue weighted by Crippen LogP contribution is -2.26. The number of hydrogen-bond donors (Lipinski definition) is 1. The Kier molecular flexibility index (Phi) is 3.84. The highest BCUT2D eigenvalue weighted by Crippen LogP contribution is 2.15. The predicted molar refractivity (Wildman–Crippen MR) is 73.8 cm³/mol. The van der Waals surface area contributed by atoms with Crippen LogP contribution in [-0.2, 0) is 6.54 Å². The number of thiazole rings is 1. The fourth-order valence-corrected chi connectivity index (χ4v) is 2.18. The van der Waals surface area contributed by atoms with E-state index in [1.54, 1.807) is 29.5 Å². The molecule has 0 saturated carbocycles. The van der Waals surface area contributed by atoms with Crippen LogP contribution in [0.15, 0.2) is 29.6 Å². The Hall–Kier alpha value is -1.59. The summed E-state index contributed by atoms with van der Waals surface area (Å²) in [5.41, 5.74) is 6.90. The Morgan fingerprint density at radius 3 is 2.67 bits per heavy atom. The summed E-state index contributed by atoms with van der Waals surface area (Å²) < 4.78 is 0. The first-order chi connectivity index (χ1) is 8.56. The van der Waals surface area contributed by atoms with Crippen LogP contribution >= 0.6 is 22.9 Å². The molecule has 2 N–H and O–H groups in total. The molecule has 0 aliphatic carbocycles. The van der Waals surface area contributed by atoms with E-state index in [1.807, 2.05) is 12.1 Å². The Bertz CT molecular complexity index is 553. The molecule has 6 heteroatoms. The van der Waals surface area contributed by atoms with Gasteiger partial charge >= 0.3 is 0 Å². The van der Waals surface area contributed by atoms with Crippen LogP contribution in [0.2, 0.25) is 5.02 Å². The van der Waals surface area contributed by atoms with E-state index in [4.69, 9.17) is 17.3 Å². The lowest BCUT2D eigenvalue weighted by molar-refractivity contribution is 0.0780. The summed E-state index contributed by atoms with van der Waals surface area (Å²) in [5.74, 6) is -0.141. The highest BCUT2D eigenvalue weighted by molar-refractivity contribution is 7.13. The van der Waals surface area contributed by atoms with E-state index in [1.165, 1.54) is 11.3 Å². The molecule has 0 saturated heterocycles. The monoisotopic (exact) mass is 281 g/mol. The molecule has 1 amide bonds. The zero-order valence-corrected chi connectivity index (χ0v) is 11.3. The first kappa shape index (κ1) is 12.9. The van der Waals surface area contributed by atoms with E-state index < -0.39 is 0 Å². The Balaban J connectivity index is 2.05. The number of hydrogen-bond acceptors (Lipinski definition) is 4. The average molecular weight is 282 g/mol. The summed E-state index contributed by atoms with van der Waals surface area (Å²) in [5, 5.41) is 2.74. The molecule has 0 unspecified atom stereocenters. The smallest absolute Gasteiger partial charge is 0.273 e. The number of nitrogens with zero attached hydrogens (tertiary/aromatic N) is 2. The van der Waals surface area contributed by atoms with Crippen LogP contribution in [0.25, 0.3) is 0 Å². The van der Waals surface area contributed by atoms with Gasteiger partial charge in [-0.1, -0.05) is 23.7 Å². The second-order valence-corrected chi connectivity index (χ2v) is 5.18. The number of nitrogen functional groups attached to an aromatic ring is 1. The van der Waals surface area contributed by atoms with E-state index in [0.717, 1.165) is 5.56 Å². The molecule has 0 atom stereocenters. The number of amides is 1. The fraction of sp³-hybridized carbons (Fsp3) is 0.167. The number of carbonyl (C=O) groups excluding carboxylic acids is 1. The number of anilines is 1. The van der Waals surface area contributed by atoms with Gasteiger partial charge in [-0.3, -0.25) is 4.79 Å². The van der Waals surface area contributed by atoms with Crippen LogP contribution < -0.4 is 5.73 Å². The van der Waals surface area contributed by atoms with E-state index in [0.29, 0.717) is 22.4 Å². The van der Waals surface area contributed by atoms with Crippen molar-refractivity contribution >= 4 is 34.0 Å². The van der Waals surface area contributed by atoms with Gasteiger partial charge in [0.25, 0.3) is 5.91 Å². The maximum absolute atomic E-state index is 12.0. The quantitative estimate of drug-likeness (QED) is 0.941. The molecule has 1 aromatic heterocycles. The standard InChI is InChI=1S/C12H12ClN3OS/c1-16(6-8-2-4-9(13)5-3-8)11(17)10-7-18-12(14)15-10/h2-5,7H,6H2,1H3,(H2,14,15). The normalized spacial score (nSPS) is 10.3. The van der Waals surface area contributed by atoms with E-state index in [2.05, 4.69) is 4.98 Å². The van der Waals surface area contributed by atoms with Crippen LogP contribution in [0.1, 0.15) is 16.1 Å². The second-order valence-electron chi connectivity index (χ2n) is 3.86. The molecule has 1 aromatic carbocycles. The van der Waals surface area contributed by atoms with Crippen LogP contribution in [-0.4, -0.2) is 22.8 Å². The molecular weight excluding hydrogens is 270 g/mol. The van der Waals surface area contributed by atoms with Gasteiger partial charge < -0.3 is 10.6 Å². The molecule has 1 heterocycles. The molecule has 2 rings (SSSR count). The maximum atomic E-state index is 12.0. The summed E-state index contributed by atoms with van der Waals surface area (Å²) in [6.07, 6.45) is 0. The molecule has 0 spiro atoms. The predicted octanol–water partition coefficient (Wildman–Crippen LogP) is 2.65. The van der Waals surface area contributed by atoms with Crippen molar-refractivity contribution in [3.8, 4) is 0 Å². The van der Waals surface area contributed by atoms with E-state index >= 15 is 0 Å². The zero-order chi connectivity index (χ0) is 13.1. The Labute approximate surface area is 114 Å². The van der Waals surface area contributed by atoms with Gasteiger partial charge in [0.2, 0.25) is 0 Å². The average Bonchev–Trinajstić information content (AvgIpc) is 2.78. The van der Waals surface area contributed by atoms with Crippen molar-refractivity contribution in [2.45, 2.75) is 6.54 Å². The van der Waals surface area contributed by atoms with E-state index in [-0.39, 0.29) is 5.91 Å². The van der Waals surface area contributed by atoms with Crippen molar-refractivity contribution < 1.29 is 4.79 Å². The molecule has 0 bridgehead atoms. The highest BCUT2D eigenvalue weighted by atomic mass is 35.5. The summed E-state index contributed by atoms with van der Waals surface area (Å²) in [6.45, 7) is 0.507. The van der Waals surface area contributed by atoms with Crippen molar-refractivity contribution in [1.29, 1.82) is 0 Å². The first-order valence-corrected chi connectivity index (χ1v) is 6.53. The summed E-state index contributed by atoms with van der Waals surface area (Å²) >= 11 is 7.07. The van der Waals surface area contributed by atoms with Crippen LogP contribution in [0, 0.1) is 0 Å². The Morgan fingerprint density at radius 1 is 1.44 bits per heavy atom. The molecule has 2 aromatic rings. The maximum Gasteiger partial charge on any atom is 0.273 e. The van der Waals surface area contributed by atoms with Gasteiger partial charge in [0, 0.05) is 24.0 Å². The number of halogens is 1. The summed E-state index contributed by atoms with van der Waals surface area (Å²) in [4.78, 5) is 17.6. The molecule has 18 heavy (non-hydrogen) atoms. The minimum Gasteiger partial charge on any atom is -0.375 e. The zero-order valence-electron chi connectivity index (χ0n) is 9.76. The lowest BCUT2D eigenvalue weighted by atomic mass is 10.2. The van der Waals surface area contributed by atoms with E-state index in [9.17, 15) is 4.79 Å². The summed E-state index contributed by atoms with van der Waals surface area (Å²) in [6, 6.07) is 7.38. The van der Waals surface area contributed by atoms with Crippen LogP contribution in [0.5, 0.6) is 0 Å². The van der Waals surface area contributed by atoms with Crippen LogP contribution in [0.3, 0.4) is 0 Å². The van der Waals surface area contributed by atoms with Gasteiger partial charge in [0.15, 0.2) is 5.13 Å². The topological polar surface area (TPSA) is 59.2 Å². The number of carbonyl (C=O) groups is 1. The van der Waals surface area contributed by atoms with Gasteiger partial charge in [-0.15, -0.1) is 11.3 Å². The number of aromatic nitrogens is 1. The van der Waals surface area contributed by atoms with Crippen molar-refractivity contribution in [3.05, 3.63) is 45.9 Å². The third-order valence-corrected chi connectivity index (χ3v) is 3.35. The first-order valence-electron chi connectivity index (χ1n) is 5.27. The van der Waals surface area contributed by atoms with Gasteiger partial charge in [0.05, 0.1) is 0 Å². The molecule has 0 aliphatic rings. The molecule has 4 nitrogen and oxygen atoms in total. The largest absolute Gasteiger partial charge is 0.375 e. The minimum absolute atomic E-state index is 0.141. The van der Waals surface area contributed by atoms with Gasteiger partial charge in [-0.2, -0.15) is 0 Å². The van der Waals surface area contributed by atoms with Crippen molar-refractivity contribution in [2.24, 2.45) is 0 Å². The minimum atomic E-state index is -0.141. The van der Waals surface area contributed by atoms with Crippen molar-refractivity contribution in [1.82, 2.24) is 9.88 Å². The van der Waals surface area contributed by atoms with Gasteiger partial charge in [-0.05, 0) is 17.7 Å². The third-order valence-electron chi connectivity index (χ3n) is 2.42. The molecule has 0 fully saturated rings. The second kappa shape index (κ2) is 5.37. The number of benzene rings is 1. The fourth-order valence-electron chi connectivity index (χ4n) is 1.52. The summed E-state index contributed by atoms with van der Waals surface area (Å²) in [7, 11) is 1.73. The molecular formula is C12H12ClN3OS. The Morgan fingerprint density at radius 2 is 2.11 bits per heavy atom. The van der Waals surface area contributed by atoms with Gasteiger partial charge in [0.1, 0.15) is 5.69 Å².